The van der Waals surface area contributed by atoms with Gasteiger partial charge in [-0.3, -0.25) is 0 Å². The number of aryl methyl sites for hydroxylation is 3. The zero-order valence-corrected chi connectivity index (χ0v) is 47.8. The molecule has 8 rings (SSSR count). The van der Waals surface area contributed by atoms with E-state index in [-0.39, 0.29) is 10.8 Å². The van der Waals surface area contributed by atoms with Gasteiger partial charge in [0, 0.05) is 15.9 Å². The Morgan fingerprint density at radius 1 is 0.389 bits per heavy atom. The third-order valence-corrected chi connectivity index (χ3v) is 23.5. The monoisotopic (exact) mass is 1010 g/mol. The van der Waals surface area contributed by atoms with Gasteiger partial charge in [0.05, 0.1) is 0 Å². The van der Waals surface area contributed by atoms with Gasteiger partial charge in [-0.1, -0.05) is 270 Å². The summed E-state index contributed by atoms with van der Waals surface area (Å²) < 4.78 is 16.5. The first-order chi connectivity index (χ1) is 34.9. The lowest BCUT2D eigenvalue weighted by molar-refractivity contribution is 0.448. The molecule has 72 heavy (non-hydrogen) atoms. The molecular formula is C68H83OP3. The molecule has 3 atom stereocenters. The topological polar surface area (TPSA) is 17.1 Å². The fourth-order valence-electron chi connectivity index (χ4n) is 10.7. The lowest BCUT2D eigenvalue weighted by Gasteiger charge is -2.27. The smallest absolute Gasteiger partial charge is 0.171 e. The van der Waals surface area contributed by atoms with Gasteiger partial charge in [-0.05, 0) is 144 Å². The van der Waals surface area contributed by atoms with E-state index in [9.17, 15) is 0 Å². The van der Waals surface area contributed by atoms with Crippen LogP contribution in [0.5, 0.6) is 0 Å². The van der Waals surface area contributed by atoms with Crippen LogP contribution in [-0.2, 0) is 34.7 Å². The summed E-state index contributed by atoms with van der Waals surface area (Å²) in [4.78, 5) is 0. The van der Waals surface area contributed by atoms with Crippen molar-refractivity contribution in [3.05, 3.63) is 198 Å². The van der Waals surface area contributed by atoms with Crippen LogP contribution in [0.3, 0.4) is 0 Å². The van der Waals surface area contributed by atoms with Crippen molar-refractivity contribution in [1.29, 1.82) is 0 Å². The molecule has 0 amide bonds. The molecule has 1 nitrogen and oxygen atoms in total. The molecule has 4 heteroatoms. The van der Waals surface area contributed by atoms with Gasteiger partial charge in [0.25, 0.3) is 0 Å². The fourth-order valence-corrected chi connectivity index (χ4v) is 17.7. The second-order valence-corrected chi connectivity index (χ2v) is 29.4. The molecular weight excluding hydrogens is 926 g/mol. The number of hydrogen-bond acceptors (Lipinski definition) is 1. The Hall–Kier alpha value is -4.37. The predicted octanol–water partition coefficient (Wildman–Crippen LogP) is 15.4. The van der Waals surface area contributed by atoms with E-state index in [4.69, 9.17) is 0 Å². The molecule has 3 unspecified atom stereocenters. The van der Waals surface area contributed by atoms with Crippen LogP contribution >= 0.6 is 23.0 Å². The van der Waals surface area contributed by atoms with Crippen molar-refractivity contribution in [2.24, 2.45) is 5.92 Å². The molecule has 7 aromatic rings. The zero-order chi connectivity index (χ0) is 50.7. The van der Waals surface area contributed by atoms with Crippen molar-refractivity contribution in [3.63, 3.8) is 0 Å². The highest BCUT2D eigenvalue weighted by molar-refractivity contribution is 7.85. The van der Waals surface area contributed by atoms with Gasteiger partial charge in [-0.25, -0.2) is 0 Å². The van der Waals surface area contributed by atoms with Crippen LogP contribution in [0, 0.1) is 5.92 Å². The summed E-state index contributed by atoms with van der Waals surface area (Å²) in [6.45, 7) is 18.7. The van der Waals surface area contributed by atoms with Crippen LogP contribution in [0.2, 0.25) is 0 Å². The first-order valence-corrected chi connectivity index (χ1v) is 32.2. The van der Waals surface area contributed by atoms with Crippen LogP contribution in [0.25, 0.3) is 0 Å². The first-order valence-electron chi connectivity index (χ1n) is 27.8. The second kappa shape index (κ2) is 24.8. The van der Waals surface area contributed by atoms with E-state index in [0.29, 0.717) is 0 Å². The maximum Gasteiger partial charge on any atom is 0.171 e. The number of rotatable bonds is 25. The number of hydrogen-bond donors (Lipinski definition) is 0. The average Bonchev–Trinajstić information content (AvgIpc) is 4.23. The van der Waals surface area contributed by atoms with E-state index in [0.717, 1.165) is 53.9 Å². The maximum absolute atomic E-state index is 16.5. The third-order valence-electron chi connectivity index (χ3n) is 15.6. The Morgan fingerprint density at radius 3 is 0.986 bits per heavy atom. The quantitative estimate of drug-likeness (QED) is 0.0522. The summed E-state index contributed by atoms with van der Waals surface area (Å²) in [5.74, 6) is 0.876. The van der Waals surface area contributed by atoms with Crippen molar-refractivity contribution in [1.82, 2.24) is 0 Å². The molecule has 0 N–H and O–H groups in total. The molecule has 1 aliphatic rings. The molecule has 1 fully saturated rings. The van der Waals surface area contributed by atoms with E-state index in [2.05, 4.69) is 225 Å². The van der Waals surface area contributed by atoms with Crippen LogP contribution in [0.15, 0.2) is 170 Å². The zero-order valence-electron chi connectivity index (χ0n) is 45.1. The minimum atomic E-state index is -3.30. The SMILES string of the molecule is CCCCc1ccc(P(c2ccc(C(C)(C)CCCC)cc2)c2ccc(P(=O)(c3ccc(CCCC)cc3)c3ccc(P(c4ccc(CCCC)cc4)c4ccc(C(C)(C)CC5CC5)cc4)cc3)cc2)cc1. The van der Waals surface area contributed by atoms with Gasteiger partial charge in [-0.15, -0.1) is 0 Å². The van der Waals surface area contributed by atoms with E-state index in [1.165, 1.54) is 124 Å². The number of unbranched alkanes of at least 4 members (excludes halogenated alkanes) is 4. The summed E-state index contributed by atoms with van der Waals surface area (Å²) in [5, 5.41) is 10.6. The molecule has 1 aliphatic carbocycles. The highest BCUT2D eigenvalue weighted by atomic mass is 31.2. The highest BCUT2D eigenvalue weighted by Gasteiger charge is 2.33. The summed E-state index contributed by atoms with van der Waals surface area (Å²) in [5.41, 5.74) is 7.24. The summed E-state index contributed by atoms with van der Waals surface area (Å²) >= 11 is 0. The third kappa shape index (κ3) is 13.1. The van der Waals surface area contributed by atoms with Crippen molar-refractivity contribution in [3.8, 4) is 0 Å². The molecule has 0 aliphatic heterocycles. The van der Waals surface area contributed by atoms with Crippen LogP contribution < -0.4 is 47.7 Å². The summed E-state index contributed by atoms with van der Waals surface area (Å²) in [6.07, 6.45) is 18.0. The lowest BCUT2D eigenvalue weighted by Crippen LogP contribution is -2.28. The molecule has 0 bridgehead atoms. The minimum Gasteiger partial charge on any atom is -0.309 e. The lowest BCUT2D eigenvalue weighted by atomic mass is 9.80. The Morgan fingerprint density at radius 2 is 0.667 bits per heavy atom. The molecule has 0 spiro atoms. The van der Waals surface area contributed by atoms with Gasteiger partial charge in [0.2, 0.25) is 0 Å². The molecule has 376 valence electrons. The Bertz CT molecular complexity index is 2800. The molecule has 0 saturated heterocycles. The second-order valence-electron chi connectivity index (χ2n) is 22.2. The molecule has 0 heterocycles. The Labute approximate surface area is 439 Å². The van der Waals surface area contributed by atoms with E-state index in [1.807, 2.05) is 0 Å². The summed E-state index contributed by atoms with van der Waals surface area (Å²) in [6, 6.07) is 64.7. The Balaban J connectivity index is 1.18. The van der Waals surface area contributed by atoms with Gasteiger partial charge in [-0.2, -0.15) is 0 Å². The van der Waals surface area contributed by atoms with Crippen molar-refractivity contribution in [2.75, 3.05) is 0 Å². The van der Waals surface area contributed by atoms with Gasteiger partial charge in [0.1, 0.15) is 0 Å². The van der Waals surface area contributed by atoms with Crippen LogP contribution in [0.1, 0.15) is 160 Å². The first kappa shape index (κ1) is 53.9. The summed E-state index contributed by atoms with van der Waals surface area (Å²) in [7, 11) is -5.01. The average molecular weight is 1010 g/mol. The molecule has 1 saturated carbocycles. The molecule has 7 aromatic carbocycles. The van der Waals surface area contributed by atoms with Crippen molar-refractivity contribution < 1.29 is 4.57 Å². The standard InChI is InChI=1S/C68H83OP3/c1-9-13-17-52-22-32-58(33-23-52)70(60-36-28-56(29-37-60)67(5,6)50-16-12-4)62-40-46-65(47-41-62)72(69,64-44-26-54(27-45-64)19-15-11-3)66-48-42-63(43-49-66)71(59-34-24-53(25-35-59)18-14-10-2)61-38-30-57(31-39-61)68(7,8)51-55-20-21-55/h22-49,55H,9-21,50-51H2,1-8H3. The molecule has 0 radical (unpaired) electrons. The van der Waals surface area contributed by atoms with Gasteiger partial charge < -0.3 is 4.57 Å². The normalized spacial score (nSPS) is 14.7. The van der Waals surface area contributed by atoms with E-state index >= 15 is 4.57 Å². The van der Waals surface area contributed by atoms with Gasteiger partial charge in [0.15, 0.2) is 7.14 Å². The minimum absolute atomic E-state index is 0.132. The Kier molecular flexibility index (Phi) is 18.5. The largest absolute Gasteiger partial charge is 0.309 e. The molecule has 0 aromatic heterocycles. The van der Waals surface area contributed by atoms with Crippen molar-refractivity contribution in [2.45, 2.75) is 163 Å². The van der Waals surface area contributed by atoms with Crippen LogP contribution in [-0.4, -0.2) is 0 Å². The van der Waals surface area contributed by atoms with E-state index < -0.39 is 23.0 Å². The van der Waals surface area contributed by atoms with E-state index in [1.54, 1.807) is 0 Å². The van der Waals surface area contributed by atoms with Gasteiger partial charge >= 0.3 is 0 Å². The van der Waals surface area contributed by atoms with Crippen molar-refractivity contribution >= 4 is 70.7 Å². The fraction of sp³-hybridized carbons (Fsp3) is 0.382. The predicted molar refractivity (Wildman–Crippen MR) is 322 cm³/mol. The maximum atomic E-state index is 16.5. The van der Waals surface area contributed by atoms with Crippen LogP contribution in [0.4, 0.5) is 0 Å². The highest BCUT2D eigenvalue weighted by Crippen LogP contribution is 2.45. The number of benzene rings is 7.